The highest BCUT2D eigenvalue weighted by Gasteiger charge is 2.10. The van der Waals surface area contributed by atoms with E-state index in [0.29, 0.717) is 5.56 Å². The molecule has 19 heavy (non-hydrogen) atoms. The van der Waals surface area contributed by atoms with E-state index in [-0.39, 0.29) is 5.82 Å². The standard InChI is InChI=1S/C15H15FO2S/c1-10(17)14-9-11(16)3-8-15(14)19-13-6-4-12(18-2)5-7-13/h3-10,17H,1-2H3/t10-/m0/s1. The summed E-state index contributed by atoms with van der Waals surface area (Å²) in [5.41, 5.74) is 0.598. The van der Waals surface area contributed by atoms with Crippen LogP contribution < -0.4 is 4.74 Å². The lowest BCUT2D eigenvalue weighted by Crippen LogP contribution is -1.95. The average molecular weight is 278 g/mol. The summed E-state index contributed by atoms with van der Waals surface area (Å²) in [6.45, 7) is 1.63. The lowest BCUT2D eigenvalue weighted by atomic mass is 10.1. The smallest absolute Gasteiger partial charge is 0.123 e. The van der Waals surface area contributed by atoms with Crippen LogP contribution >= 0.6 is 11.8 Å². The highest BCUT2D eigenvalue weighted by molar-refractivity contribution is 7.99. The zero-order valence-corrected chi connectivity index (χ0v) is 11.6. The van der Waals surface area contributed by atoms with E-state index in [1.54, 1.807) is 20.1 Å². The van der Waals surface area contributed by atoms with Crippen molar-refractivity contribution in [3.63, 3.8) is 0 Å². The molecule has 0 aliphatic heterocycles. The van der Waals surface area contributed by atoms with Gasteiger partial charge in [0.1, 0.15) is 11.6 Å². The Labute approximate surface area is 116 Å². The third-order valence-electron chi connectivity index (χ3n) is 2.71. The first kappa shape index (κ1) is 13.9. The van der Waals surface area contributed by atoms with Gasteiger partial charge < -0.3 is 9.84 Å². The Morgan fingerprint density at radius 1 is 1.16 bits per heavy atom. The summed E-state index contributed by atoms with van der Waals surface area (Å²) < 4.78 is 18.3. The summed E-state index contributed by atoms with van der Waals surface area (Å²) in [4.78, 5) is 1.86. The molecule has 100 valence electrons. The normalized spacial score (nSPS) is 12.2. The molecule has 0 saturated carbocycles. The largest absolute Gasteiger partial charge is 0.497 e. The first-order valence-electron chi connectivity index (χ1n) is 5.89. The number of methoxy groups -OCH3 is 1. The summed E-state index contributed by atoms with van der Waals surface area (Å²) in [6.07, 6.45) is -0.698. The average Bonchev–Trinajstić information content (AvgIpc) is 2.41. The number of hydrogen-bond donors (Lipinski definition) is 1. The third kappa shape index (κ3) is 3.49. The van der Waals surface area contributed by atoms with E-state index in [9.17, 15) is 9.50 Å². The minimum atomic E-state index is -0.698. The van der Waals surface area contributed by atoms with Crippen LogP contribution in [-0.2, 0) is 0 Å². The Morgan fingerprint density at radius 2 is 1.84 bits per heavy atom. The Hall–Kier alpha value is -1.52. The van der Waals surface area contributed by atoms with Crippen LogP contribution in [0.1, 0.15) is 18.6 Å². The van der Waals surface area contributed by atoms with Crippen molar-refractivity contribution in [2.24, 2.45) is 0 Å². The maximum absolute atomic E-state index is 13.2. The molecule has 0 aliphatic rings. The van der Waals surface area contributed by atoms with Crippen molar-refractivity contribution in [1.82, 2.24) is 0 Å². The van der Waals surface area contributed by atoms with E-state index >= 15 is 0 Å². The van der Waals surface area contributed by atoms with Gasteiger partial charge in [-0.3, -0.25) is 0 Å². The summed E-state index contributed by atoms with van der Waals surface area (Å²) in [6, 6.07) is 12.1. The maximum atomic E-state index is 13.2. The van der Waals surface area contributed by atoms with Gasteiger partial charge in [0, 0.05) is 9.79 Å². The number of halogens is 1. The number of rotatable bonds is 4. The van der Waals surface area contributed by atoms with Crippen molar-refractivity contribution in [3.05, 3.63) is 53.8 Å². The molecule has 0 bridgehead atoms. The molecule has 1 N–H and O–H groups in total. The van der Waals surface area contributed by atoms with Gasteiger partial charge in [-0.05, 0) is 55.0 Å². The van der Waals surface area contributed by atoms with Crippen molar-refractivity contribution in [2.45, 2.75) is 22.8 Å². The fourth-order valence-electron chi connectivity index (χ4n) is 1.71. The Bertz CT molecular complexity index is 553. The monoisotopic (exact) mass is 278 g/mol. The molecule has 0 amide bonds. The minimum Gasteiger partial charge on any atom is -0.497 e. The second kappa shape index (κ2) is 6.08. The number of hydrogen-bond acceptors (Lipinski definition) is 3. The van der Waals surface area contributed by atoms with Crippen molar-refractivity contribution in [2.75, 3.05) is 7.11 Å². The van der Waals surface area contributed by atoms with E-state index in [4.69, 9.17) is 4.74 Å². The van der Waals surface area contributed by atoms with Crippen LogP contribution in [-0.4, -0.2) is 12.2 Å². The molecule has 0 radical (unpaired) electrons. The lowest BCUT2D eigenvalue weighted by Gasteiger charge is -2.12. The zero-order valence-electron chi connectivity index (χ0n) is 10.8. The summed E-state index contributed by atoms with van der Waals surface area (Å²) in [5.74, 6) is 0.453. The molecule has 0 spiro atoms. The molecule has 2 rings (SSSR count). The van der Waals surface area contributed by atoms with E-state index in [1.165, 1.54) is 23.9 Å². The molecule has 0 heterocycles. The number of aliphatic hydroxyl groups excluding tert-OH is 1. The van der Waals surface area contributed by atoms with Crippen molar-refractivity contribution in [1.29, 1.82) is 0 Å². The molecule has 1 atom stereocenters. The molecule has 0 unspecified atom stereocenters. The number of ether oxygens (including phenoxy) is 1. The van der Waals surface area contributed by atoms with Crippen LogP contribution in [0.5, 0.6) is 5.75 Å². The first-order chi connectivity index (χ1) is 9.10. The second-order valence-electron chi connectivity index (χ2n) is 4.14. The molecule has 2 aromatic carbocycles. The van der Waals surface area contributed by atoms with Crippen molar-refractivity contribution < 1.29 is 14.2 Å². The van der Waals surface area contributed by atoms with Gasteiger partial charge in [0.25, 0.3) is 0 Å². The van der Waals surface area contributed by atoms with Crippen LogP contribution in [0.25, 0.3) is 0 Å². The summed E-state index contributed by atoms with van der Waals surface area (Å²) >= 11 is 1.49. The molecule has 0 fully saturated rings. The van der Waals surface area contributed by atoms with E-state index < -0.39 is 6.10 Å². The third-order valence-corrected chi connectivity index (χ3v) is 3.81. The van der Waals surface area contributed by atoms with E-state index in [2.05, 4.69) is 0 Å². The fourth-order valence-corrected chi connectivity index (χ4v) is 2.72. The highest BCUT2D eigenvalue weighted by Crippen LogP contribution is 2.34. The van der Waals surface area contributed by atoms with Gasteiger partial charge in [-0.1, -0.05) is 11.8 Å². The van der Waals surface area contributed by atoms with Crippen LogP contribution in [0.15, 0.2) is 52.3 Å². The van der Waals surface area contributed by atoms with Crippen LogP contribution in [0.3, 0.4) is 0 Å². The quantitative estimate of drug-likeness (QED) is 0.915. The Kier molecular flexibility index (Phi) is 4.45. The zero-order chi connectivity index (χ0) is 13.8. The SMILES string of the molecule is COc1ccc(Sc2ccc(F)cc2[C@H](C)O)cc1. The van der Waals surface area contributed by atoms with Crippen LogP contribution in [0, 0.1) is 5.82 Å². The number of aliphatic hydroxyl groups is 1. The molecular formula is C15H15FO2S. The van der Waals surface area contributed by atoms with Gasteiger partial charge in [0.05, 0.1) is 13.2 Å². The summed E-state index contributed by atoms with van der Waals surface area (Å²) in [7, 11) is 1.62. The Balaban J connectivity index is 2.26. The molecule has 0 aromatic heterocycles. The van der Waals surface area contributed by atoms with Gasteiger partial charge >= 0.3 is 0 Å². The van der Waals surface area contributed by atoms with Gasteiger partial charge in [-0.15, -0.1) is 0 Å². The molecule has 0 saturated heterocycles. The molecule has 4 heteroatoms. The van der Waals surface area contributed by atoms with Crippen molar-refractivity contribution >= 4 is 11.8 Å². The minimum absolute atomic E-state index is 0.338. The summed E-state index contributed by atoms with van der Waals surface area (Å²) in [5, 5.41) is 9.69. The van der Waals surface area contributed by atoms with Gasteiger partial charge in [-0.2, -0.15) is 0 Å². The van der Waals surface area contributed by atoms with Gasteiger partial charge in [0.15, 0.2) is 0 Å². The topological polar surface area (TPSA) is 29.5 Å². The number of benzene rings is 2. The highest BCUT2D eigenvalue weighted by atomic mass is 32.2. The van der Waals surface area contributed by atoms with Gasteiger partial charge in [-0.25, -0.2) is 4.39 Å². The molecule has 2 aromatic rings. The lowest BCUT2D eigenvalue weighted by molar-refractivity contribution is 0.196. The van der Waals surface area contributed by atoms with E-state index in [1.807, 2.05) is 24.3 Å². The van der Waals surface area contributed by atoms with Crippen molar-refractivity contribution in [3.8, 4) is 5.75 Å². The van der Waals surface area contributed by atoms with Crippen LogP contribution in [0.4, 0.5) is 4.39 Å². The first-order valence-corrected chi connectivity index (χ1v) is 6.71. The molecular weight excluding hydrogens is 263 g/mol. The van der Waals surface area contributed by atoms with E-state index in [0.717, 1.165) is 15.5 Å². The van der Waals surface area contributed by atoms with Crippen LogP contribution in [0.2, 0.25) is 0 Å². The molecule has 2 nitrogen and oxygen atoms in total. The predicted molar refractivity (Wildman–Crippen MR) is 74.2 cm³/mol. The van der Waals surface area contributed by atoms with Gasteiger partial charge in [0.2, 0.25) is 0 Å². The fraction of sp³-hybridized carbons (Fsp3) is 0.200. The molecule has 0 aliphatic carbocycles. The Morgan fingerprint density at radius 3 is 2.42 bits per heavy atom. The second-order valence-corrected chi connectivity index (χ2v) is 5.25. The predicted octanol–water partition coefficient (Wildman–Crippen LogP) is 4.04. The maximum Gasteiger partial charge on any atom is 0.123 e.